The van der Waals surface area contributed by atoms with Gasteiger partial charge in [-0.1, -0.05) is 6.92 Å². The normalized spacial score (nSPS) is 22.4. The molecular weight excluding hydrogens is 224 g/mol. The Balaban J connectivity index is 2.78. The molecule has 1 saturated heterocycles. The van der Waals surface area contributed by atoms with Crippen molar-refractivity contribution in [3.63, 3.8) is 0 Å². The lowest BCUT2D eigenvalue weighted by Crippen LogP contribution is -2.46. The van der Waals surface area contributed by atoms with E-state index in [2.05, 4.69) is 0 Å². The van der Waals surface area contributed by atoms with Gasteiger partial charge in [0.15, 0.2) is 0 Å². The number of aliphatic carboxylic acids is 1. The SMILES string of the molecule is CCN(C(C)CC(=O)O)C1CC(=O)N(C)C1=O. The fourth-order valence-corrected chi connectivity index (χ4v) is 2.20. The van der Waals surface area contributed by atoms with E-state index in [9.17, 15) is 14.4 Å². The Morgan fingerprint density at radius 2 is 2.18 bits per heavy atom. The second-order valence-electron chi connectivity index (χ2n) is 4.29. The molecule has 1 aliphatic rings. The molecule has 6 nitrogen and oxygen atoms in total. The predicted molar refractivity (Wildman–Crippen MR) is 60.3 cm³/mol. The number of carboxylic acids is 1. The lowest BCUT2D eigenvalue weighted by atomic mass is 10.1. The minimum atomic E-state index is -0.902. The molecule has 0 aromatic rings. The van der Waals surface area contributed by atoms with E-state index in [1.807, 2.05) is 6.92 Å². The van der Waals surface area contributed by atoms with Gasteiger partial charge in [-0.2, -0.15) is 0 Å². The van der Waals surface area contributed by atoms with Gasteiger partial charge in [-0.15, -0.1) is 0 Å². The number of nitrogens with zero attached hydrogens (tertiary/aromatic N) is 2. The van der Waals surface area contributed by atoms with Crippen molar-refractivity contribution >= 4 is 17.8 Å². The molecule has 1 heterocycles. The van der Waals surface area contributed by atoms with Gasteiger partial charge in [0.05, 0.1) is 18.9 Å². The van der Waals surface area contributed by atoms with Crippen LogP contribution in [-0.4, -0.2) is 58.4 Å². The topological polar surface area (TPSA) is 77.9 Å². The van der Waals surface area contributed by atoms with Crippen LogP contribution in [0.3, 0.4) is 0 Å². The minimum absolute atomic E-state index is 0.0322. The molecule has 0 aromatic carbocycles. The van der Waals surface area contributed by atoms with Gasteiger partial charge in [-0.25, -0.2) is 0 Å². The average Bonchev–Trinajstić information content (AvgIpc) is 2.47. The van der Waals surface area contributed by atoms with Crippen molar-refractivity contribution < 1.29 is 19.5 Å². The highest BCUT2D eigenvalue weighted by atomic mass is 16.4. The summed E-state index contributed by atoms with van der Waals surface area (Å²) < 4.78 is 0. The number of likely N-dealkylation sites (N-methyl/N-ethyl adjacent to an activating group) is 2. The van der Waals surface area contributed by atoms with Gasteiger partial charge in [0.1, 0.15) is 0 Å². The Hall–Kier alpha value is -1.43. The lowest BCUT2D eigenvalue weighted by molar-refractivity contribution is -0.141. The van der Waals surface area contributed by atoms with Crippen LogP contribution < -0.4 is 0 Å². The number of rotatable bonds is 5. The van der Waals surface area contributed by atoms with Crippen LogP contribution in [-0.2, 0) is 14.4 Å². The van der Waals surface area contributed by atoms with Gasteiger partial charge >= 0.3 is 5.97 Å². The number of likely N-dealkylation sites (tertiary alicyclic amines) is 1. The molecular formula is C11H18N2O4. The Kier molecular flexibility index (Phi) is 4.22. The first kappa shape index (κ1) is 13.6. The number of carbonyl (C=O) groups excluding carboxylic acids is 2. The Morgan fingerprint density at radius 3 is 2.53 bits per heavy atom. The maximum absolute atomic E-state index is 11.8. The highest BCUT2D eigenvalue weighted by molar-refractivity contribution is 6.05. The molecule has 2 unspecified atom stereocenters. The number of hydrogen-bond acceptors (Lipinski definition) is 4. The molecule has 1 aliphatic heterocycles. The number of hydrogen-bond donors (Lipinski definition) is 1. The number of imide groups is 1. The van der Waals surface area contributed by atoms with Crippen molar-refractivity contribution in [3.05, 3.63) is 0 Å². The van der Waals surface area contributed by atoms with Crippen molar-refractivity contribution in [1.82, 2.24) is 9.80 Å². The standard InChI is InChI=1S/C11H18N2O4/c1-4-13(7(2)5-10(15)16)8-6-9(14)12(3)11(8)17/h7-8H,4-6H2,1-3H3,(H,15,16). The van der Waals surface area contributed by atoms with Crippen LogP contribution in [0.4, 0.5) is 0 Å². The van der Waals surface area contributed by atoms with Crippen molar-refractivity contribution in [2.75, 3.05) is 13.6 Å². The van der Waals surface area contributed by atoms with Gasteiger partial charge in [-0.3, -0.25) is 24.2 Å². The summed E-state index contributed by atoms with van der Waals surface area (Å²) in [5.41, 5.74) is 0. The first-order valence-corrected chi connectivity index (χ1v) is 5.66. The summed E-state index contributed by atoms with van der Waals surface area (Å²) in [6, 6.07) is -0.766. The summed E-state index contributed by atoms with van der Waals surface area (Å²) in [5, 5.41) is 8.75. The molecule has 96 valence electrons. The minimum Gasteiger partial charge on any atom is -0.481 e. The van der Waals surface area contributed by atoms with E-state index in [0.29, 0.717) is 6.54 Å². The first-order chi connectivity index (χ1) is 7.88. The highest BCUT2D eigenvalue weighted by Gasteiger charge is 2.40. The number of carbonyl (C=O) groups is 3. The molecule has 2 amide bonds. The summed E-state index contributed by atoms with van der Waals surface area (Å²) in [6.07, 6.45) is 0.114. The zero-order valence-electron chi connectivity index (χ0n) is 10.3. The van der Waals surface area contributed by atoms with Crippen LogP contribution in [0.25, 0.3) is 0 Å². The zero-order valence-corrected chi connectivity index (χ0v) is 10.3. The summed E-state index contributed by atoms with van der Waals surface area (Å²) in [6.45, 7) is 4.16. The number of carboxylic acid groups (broad SMARTS) is 1. The predicted octanol–water partition coefficient (Wildman–Crippen LogP) is -0.0712. The largest absolute Gasteiger partial charge is 0.481 e. The Morgan fingerprint density at radius 1 is 1.59 bits per heavy atom. The van der Waals surface area contributed by atoms with Crippen LogP contribution in [0, 0.1) is 0 Å². The number of amides is 2. The van der Waals surface area contributed by atoms with E-state index in [-0.39, 0.29) is 30.7 Å². The third-order valence-electron chi connectivity index (χ3n) is 3.16. The van der Waals surface area contributed by atoms with Crippen molar-refractivity contribution in [1.29, 1.82) is 0 Å². The van der Waals surface area contributed by atoms with Crippen LogP contribution in [0.2, 0.25) is 0 Å². The molecule has 6 heteroatoms. The maximum Gasteiger partial charge on any atom is 0.304 e. The molecule has 0 radical (unpaired) electrons. The highest BCUT2D eigenvalue weighted by Crippen LogP contribution is 2.20. The fourth-order valence-electron chi connectivity index (χ4n) is 2.20. The van der Waals surface area contributed by atoms with E-state index in [1.54, 1.807) is 11.8 Å². The Bertz CT molecular complexity index is 342. The Labute approximate surface area is 100 Å². The zero-order chi connectivity index (χ0) is 13.2. The van der Waals surface area contributed by atoms with Crippen LogP contribution >= 0.6 is 0 Å². The average molecular weight is 242 g/mol. The van der Waals surface area contributed by atoms with Gasteiger partial charge in [0.25, 0.3) is 0 Å². The van der Waals surface area contributed by atoms with Gasteiger partial charge in [0.2, 0.25) is 11.8 Å². The van der Waals surface area contributed by atoms with E-state index >= 15 is 0 Å². The molecule has 2 atom stereocenters. The third-order valence-corrected chi connectivity index (χ3v) is 3.16. The molecule has 0 saturated carbocycles. The summed E-state index contributed by atoms with van der Waals surface area (Å²) >= 11 is 0. The van der Waals surface area contributed by atoms with Crippen LogP contribution in [0.1, 0.15) is 26.7 Å². The van der Waals surface area contributed by atoms with Crippen LogP contribution in [0.5, 0.6) is 0 Å². The first-order valence-electron chi connectivity index (χ1n) is 5.66. The third kappa shape index (κ3) is 2.82. The lowest BCUT2D eigenvalue weighted by Gasteiger charge is -2.30. The van der Waals surface area contributed by atoms with Crippen molar-refractivity contribution in [3.8, 4) is 0 Å². The molecule has 0 aromatic heterocycles. The molecule has 17 heavy (non-hydrogen) atoms. The molecule has 1 N–H and O–H groups in total. The van der Waals surface area contributed by atoms with Crippen LogP contribution in [0.15, 0.2) is 0 Å². The van der Waals surface area contributed by atoms with Crippen molar-refractivity contribution in [2.24, 2.45) is 0 Å². The van der Waals surface area contributed by atoms with Gasteiger partial charge < -0.3 is 5.11 Å². The molecule has 0 spiro atoms. The van der Waals surface area contributed by atoms with E-state index in [1.165, 1.54) is 7.05 Å². The molecule has 0 bridgehead atoms. The second kappa shape index (κ2) is 5.27. The summed E-state index contributed by atoms with van der Waals surface area (Å²) in [4.78, 5) is 36.8. The van der Waals surface area contributed by atoms with Gasteiger partial charge in [-0.05, 0) is 13.5 Å². The quantitative estimate of drug-likeness (QED) is 0.683. The smallest absolute Gasteiger partial charge is 0.304 e. The molecule has 1 fully saturated rings. The van der Waals surface area contributed by atoms with E-state index < -0.39 is 12.0 Å². The summed E-state index contributed by atoms with van der Waals surface area (Å²) in [7, 11) is 1.46. The van der Waals surface area contributed by atoms with E-state index in [0.717, 1.165) is 4.90 Å². The van der Waals surface area contributed by atoms with E-state index in [4.69, 9.17) is 5.11 Å². The maximum atomic E-state index is 11.8. The second-order valence-corrected chi connectivity index (χ2v) is 4.29. The van der Waals surface area contributed by atoms with Crippen molar-refractivity contribution in [2.45, 2.75) is 38.8 Å². The van der Waals surface area contributed by atoms with Gasteiger partial charge in [0, 0.05) is 13.1 Å². The monoisotopic (exact) mass is 242 g/mol. The molecule has 1 rings (SSSR count). The summed E-state index contributed by atoms with van der Waals surface area (Å²) in [5.74, 6) is -1.35. The molecule has 0 aliphatic carbocycles. The fraction of sp³-hybridized carbons (Fsp3) is 0.727.